The van der Waals surface area contributed by atoms with Gasteiger partial charge in [-0.15, -0.1) is 0 Å². The summed E-state index contributed by atoms with van der Waals surface area (Å²) in [4.78, 5) is 2.24. The predicted octanol–water partition coefficient (Wildman–Crippen LogP) is 2.23. The molecule has 23 heavy (non-hydrogen) atoms. The van der Waals surface area contributed by atoms with Crippen LogP contribution in [0.5, 0.6) is 11.5 Å². The lowest BCUT2D eigenvalue weighted by Crippen LogP contribution is -2.46. The number of nitrogens with zero attached hydrogens (tertiary/aromatic N) is 1. The summed E-state index contributed by atoms with van der Waals surface area (Å²) in [6.07, 6.45) is 2.03. The van der Waals surface area contributed by atoms with Gasteiger partial charge in [-0.1, -0.05) is 11.6 Å². The first-order chi connectivity index (χ1) is 11.1. The first kappa shape index (κ1) is 17.8. The van der Waals surface area contributed by atoms with Crippen molar-refractivity contribution >= 4 is 0 Å². The molecule has 2 rings (SSSR count). The van der Waals surface area contributed by atoms with Crippen molar-refractivity contribution in [1.82, 2.24) is 4.90 Å². The van der Waals surface area contributed by atoms with Gasteiger partial charge in [0.2, 0.25) is 0 Å². The highest BCUT2D eigenvalue weighted by molar-refractivity contribution is 5.43. The lowest BCUT2D eigenvalue weighted by molar-refractivity contribution is -0.0312. The van der Waals surface area contributed by atoms with Gasteiger partial charge in [0.05, 0.1) is 33.0 Å². The molecule has 1 heterocycles. The second-order valence-electron chi connectivity index (χ2n) is 5.96. The molecule has 0 aliphatic carbocycles. The first-order valence-electron chi connectivity index (χ1n) is 7.99. The summed E-state index contributed by atoms with van der Waals surface area (Å²) in [7, 11) is 1.65. The number of hydrogen-bond donors (Lipinski definition) is 1. The largest absolute Gasteiger partial charge is 0.493 e. The Morgan fingerprint density at radius 1 is 1.39 bits per heavy atom. The Kier molecular flexibility index (Phi) is 6.89. The molecular weight excluding hydrogens is 294 g/mol. The summed E-state index contributed by atoms with van der Waals surface area (Å²) in [5.74, 6) is 1.48. The van der Waals surface area contributed by atoms with Gasteiger partial charge in [-0.3, -0.25) is 4.90 Å². The molecule has 1 N–H and O–H groups in total. The van der Waals surface area contributed by atoms with Crippen molar-refractivity contribution in [1.29, 1.82) is 0 Å². The molecule has 5 heteroatoms. The van der Waals surface area contributed by atoms with Crippen LogP contribution in [0.25, 0.3) is 0 Å². The van der Waals surface area contributed by atoms with Gasteiger partial charge >= 0.3 is 0 Å². The van der Waals surface area contributed by atoms with Gasteiger partial charge < -0.3 is 19.3 Å². The normalized spacial score (nSPS) is 18.5. The summed E-state index contributed by atoms with van der Waals surface area (Å²) in [6, 6.07) is 6.05. The Morgan fingerprint density at radius 2 is 2.22 bits per heavy atom. The minimum absolute atomic E-state index is 0.0586. The number of ether oxygens (including phenoxy) is 3. The smallest absolute Gasteiger partial charge is 0.161 e. The van der Waals surface area contributed by atoms with Crippen LogP contribution in [0.1, 0.15) is 19.4 Å². The van der Waals surface area contributed by atoms with E-state index in [1.807, 2.05) is 38.1 Å². The highest BCUT2D eigenvalue weighted by Crippen LogP contribution is 2.29. The minimum atomic E-state index is 0.0586. The molecule has 1 saturated heterocycles. The molecule has 1 fully saturated rings. The maximum Gasteiger partial charge on any atom is 0.161 e. The second-order valence-corrected chi connectivity index (χ2v) is 5.96. The Labute approximate surface area is 138 Å². The molecule has 0 saturated carbocycles. The Morgan fingerprint density at radius 3 is 2.91 bits per heavy atom. The Hall–Kier alpha value is -1.56. The van der Waals surface area contributed by atoms with E-state index in [2.05, 4.69) is 4.90 Å². The quantitative estimate of drug-likeness (QED) is 0.781. The second kappa shape index (κ2) is 8.91. The third-order valence-corrected chi connectivity index (χ3v) is 3.90. The lowest BCUT2D eigenvalue weighted by Gasteiger charge is -2.34. The van der Waals surface area contributed by atoms with Gasteiger partial charge in [0.15, 0.2) is 11.5 Å². The van der Waals surface area contributed by atoms with Gasteiger partial charge in [-0.05, 0) is 37.6 Å². The fourth-order valence-electron chi connectivity index (χ4n) is 2.53. The van der Waals surface area contributed by atoms with E-state index in [0.29, 0.717) is 19.8 Å². The van der Waals surface area contributed by atoms with Crippen molar-refractivity contribution in [3.05, 3.63) is 35.4 Å². The minimum Gasteiger partial charge on any atom is -0.493 e. The van der Waals surface area contributed by atoms with Crippen LogP contribution in [0.15, 0.2) is 29.8 Å². The number of aliphatic hydroxyl groups excluding tert-OH is 1. The topological polar surface area (TPSA) is 51.2 Å². The summed E-state index contributed by atoms with van der Waals surface area (Å²) in [6.45, 7) is 7.61. The zero-order valence-corrected chi connectivity index (χ0v) is 14.2. The molecule has 1 aliphatic rings. The average molecular weight is 321 g/mol. The molecule has 128 valence electrons. The van der Waals surface area contributed by atoms with Gasteiger partial charge in [-0.2, -0.15) is 0 Å². The fourth-order valence-corrected chi connectivity index (χ4v) is 2.53. The number of allylic oxidation sites excluding steroid dienone is 1. The van der Waals surface area contributed by atoms with E-state index < -0.39 is 0 Å². The lowest BCUT2D eigenvalue weighted by atomic mass is 10.1. The van der Waals surface area contributed by atoms with Gasteiger partial charge in [0, 0.05) is 13.1 Å². The first-order valence-corrected chi connectivity index (χ1v) is 7.99. The summed E-state index contributed by atoms with van der Waals surface area (Å²) in [5.41, 5.74) is 2.36. The molecule has 1 aromatic carbocycles. The molecule has 0 unspecified atom stereocenters. The Bertz CT molecular complexity index is 526. The zero-order chi connectivity index (χ0) is 16.7. The van der Waals surface area contributed by atoms with Crippen LogP contribution in [-0.2, 0) is 11.3 Å². The number of benzene rings is 1. The Balaban J connectivity index is 2.04. The van der Waals surface area contributed by atoms with Crippen LogP contribution < -0.4 is 9.47 Å². The van der Waals surface area contributed by atoms with Crippen molar-refractivity contribution < 1.29 is 19.3 Å². The third kappa shape index (κ3) is 5.23. The summed E-state index contributed by atoms with van der Waals surface area (Å²) >= 11 is 0. The van der Waals surface area contributed by atoms with Crippen LogP contribution in [0.3, 0.4) is 0 Å². The summed E-state index contributed by atoms with van der Waals surface area (Å²) < 4.78 is 16.6. The van der Waals surface area contributed by atoms with E-state index in [1.54, 1.807) is 7.11 Å². The maximum atomic E-state index is 9.45. The number of aliphatic hydroxyl groups is 1. The number of morpholine rings is 1. The molecule has 0 amide bonds. The third-order valence-electron chi connectivity index (χ3n) is 3.90. The molecular formula is C18H27NO4. The molecule has 1 atom stereocenters. The van der Waals surface area contributed by atoms with E-state index in [-0.39, 0.29) is 12.6 Å². The van der Waals surface area contributed by atoms with Gasteiger partial charge in [0.25, 0.3) is 0 Å². The van der Waals surface area contributed by atoms with E-state index in [1.165, 1.54) is 5.57 Å². The molecule has 1 aromatic rings. The zero-order valence-electron chi connectivity index (χ0n) is 14.2. The molecule has 0 aromatic heterocycles. The van der Waals surface area contributed by atoms with Crippen molar-refractivity contribution in [2.24, 2.45) is 0 Å². The summed E-state index contributed by atoms with van der Waals surface area (Å²) in [5, 5.41) is 9.45. The van der Waals surface area contributed by atoms with Crippen LogP contribution in [0.2, 0.25) is 0 Å². The fraction of sp³-hybridized carbons (Fsp3) is 0.556. The van der Waals surface area contributed by atoms with Crippen molar-refractivity contribution in [3.63, 3.8) is 0 Å². The maximum absolute atomic E-state index is 9.45. The van der Waals surface area contributed by atoms with Crippen LogP contribution in [-0.4, -0.2) is 56.1 Å². The van der Waals surface area contributed by atoms with E-state index in [0.717, 1.165) is 30.2 Å². The van der Waals surface area contributed by atoms with Crippen LogP contribution in [0.4, 0.5) is 0 Å². The molecule has 0 spiro atoms. The predicted molar refractivity (Wildman–Crippen MR) is 90.0 cm³/mol. The van der Waals surface area contributed by atoms with Crippen LogP contribution in [0, 0.1) is 0 Å². The van der Waals surface area contributed by atoms with E-state index in [9.17, 15) is 5.11 Å². The van der Waals surface area contributed by atoms with Gasteiger partial charge in [-0.25, -0.2) is 0 Å². The van der Waals surface area contributed by atoms with Crippen molar-refractivity contribution in [3.8, 4) is 11.5 Å². The molecule has 0 radical (unpaired) electrons. The van der Waals surface area contributed by atoms with E-state index in [4.69, 9.17) is 14.2 Å². The van der Waals surface area contributed by atoms with Crippen LogP contribution >= 0.6 is 0 Å². The van der Waals surface area contributed by atoms with E-state index >= 15 is 0 Å². The molecule has 5 nitrogen and oxygen atoms in total. The molecule has 1 aliphatic heterocycles. The standard InChI is InChI=1S/C18H27NO4/c1-14(2)6-8-23-17-5-4-15(10-18(17)21-3)11-19-7-9-22-13-16(19)12-20/h4-6,10,16,20H,7-9,11-13H2,1-3H3/t16-/m1/s1. The van der Waals surface area contributed by atoms with Gasteiger partial charge in [0.1, 0.15) is 6.61 Å². The SMILES string of the molecule is COc1cc(CN2CCOC[C@H]2CO)ccc1OCC=C(C)C. The molecule has 0 bridgehead atoms. The number of methoxy groups -OCH3 is 1. The number of hydrogen-bond acceptors (Lipinski definition) is 5. The van der Waals surface area contributed by atoms with Crippen molar-refractivity contribution in [2.75, 3.05) is 40.1 Å². The highest BCUT2D eigenvalue weighted by Gasteiger charge is 2.22. The highest BCUT2D eigenvalue weighted by atomic mass is 16.5. The average Bonchev–Trinajstić information content (AvgIpc) is 2.56. The van der Waals surface area contributed by atoms with Crippen molar-refractivity contribution in [2.45, 2.75) is 26.4 Å². The number of rotatable bonds is 7. The monoisotopic (exact) mass is 321 g/mol.